The predicted molar refractivity (Wildman–Crippen MR) is 61.4 cm³/mol. The maximum Gasteiger partial charge on any atom is 0.0328 e. The van der Waals surface area contributed by atoms with Gasteiger partial charge in [0, 0.05) is 12.1 Å². The van der Waals surface area contributed by atoms with Gasteiger partial charge in [0.15, 0.2) is 0 Å². The molecule has 0 aromatic heterocycles. The van der Waals surface area contributed by atoms with Gasteiger partial charge in [0.25, 0.3) is 0 Å². The third-order valence-corrected chi connectivity index (χ3v) is 3.22. The van der Waals surface area contributed by atoms with Crippen LogP contribution in [-0.2, 0) is 0 Å². The Morgan fingerprint density at radius 1 is 1.36 bits per heavy atom. The molecular formula is C11H25N3. The van der Waals surface area contributed by atoms with Crippen LogP contribution in [0.15, 0.2) is 0 Å². The second kappa shape index (κ2) is 5.10. The second-order valence-electron chi connectivity index (χ2n) is 5.06. The van der Waals surface area contributed by atoms with Crippen molar-refractivity contribution in [2.45, 2.75) is 32.2 Å². The standard InChI is InChI=1S/C11H25N3/c1-10(2)8-13-11(9-12)4-6-14(3)7-5-11/h10,13H,4-9,12H2,1-3H3. The van der Waals surface area contributed by atoms with Gasteiger partial charge < -0.3 is 16.0 Å². The Morgan fingerprint density at radius 2 is 1.93 bits per heavy atom. The van der Waals surface area contributed by atoms with Gasteiger partial charge in [0.2, 0.25) is 0 Å². The molecule has 0 aliphatic carbocycles. The van der Waals surface area contributed by atoms with Crippen LogP contribution < -0.4 is 11.1 Å². The van der Waals surface area contributed by atoms with Crippen molar-refractivity contribution in [2.24, 2.45) is 11.7 Å². The number of nitrogens with one attached hydrogen (secondary N) is 1. The highest BCUT2D eigenvalue weighted by atomic mass is 15.1. The van der Waals surface area contributed by atoms with E-state index >= 15 is 0 Å². The van der Waals surface area contributed by atoms with Crippen molar-refractivity contribution in [3.8, 4) is 0 Å². The van der Waals surface area contributed by atoms with Crippen molar-refractivity contribution in [3.05, 3.63) is 0 Å². The molecule has 1 aliphatic heterocycles. The number of piperidine rings is 1. The first-order valence-corrected chi connectivity index (χ1v) is 5.72. The molecule has 0 spiro atoms. The minimum Gasteiger partial charge on any atom is -0.329 e. The van der Waals surface area contributed by atoms with Gasteiger partial charge in [-0.1, -0.05) is 13.8 Å². The Kier molecular flexibility index (Phi) is 4.35. The van der Waals surface area contributed by atoms with E-state index in [1.807, 2.05) is 0 Å². The van der Waals surface area contributed by atoms with Crippen LogP contribution in [0.5, 0.6) is 0 Å². The highest BCUT2D eigenvalue weighted by molar-refractivity contribution is 4.93. The van der Waals surface area contributed by atoms with E-state index in [1.54, 1.807) is 0 Å². The van der Waals surface area contributed by atoms with Crippen LogP contribution in [0.3, 0.4) is 0 Å². The van der Waals surface area contributed by atoms with Gasteiger partial charge in [0.05, 0.1) is 0 Å². The highest BCUT2D eigenvalue weighted by Crippen LogP contribution is 2.20. The SMILES string of the molecule is CC(C)CNC1(CN)CCN(C)CC1. The van der Waals surface area contributed by atoms with E-state index in [1.165, 1.54) is 25.9 Å². The van der Waals surface area contributed by atoms with Gasteiger partial charge in [0.1, 0.15) is 0 Å². The highest BCUT2D eigenvalue weighted by Gasteiger charge is 2.31. The molecule has 0 bridgehead atoms. The lowest BCUT2D eigenvalue weighted by atomic mass is 9.87. The zero-order chi connectivity index (χ0) is 10.6. The van der Waals surface area contributed by atoms with Crippen molar-refractivity contribution in [3.63, 3.8) is 0 Å². The summed E-state index contributed by atoms with van der Waals surface area (Å²) in [5.41, 5.74) is 6.11. The van der Waals surface area contributed by atoms with E-state index in [4.69, 9.17) is 5.73 Å². The van der Waals surface area contributed by atoms with Gasteiger partial charge in [-0.05, 0) is 45.4 Å². The van der Waals surface area contributed by atoms with Crippen molar-refractivity contribution in [1.29, 1.82) is 0 Å². The molecule has 3 nitrogen and oxygen atoms in total. The number of hydrogen-bond acceptors (Lipinski definition) is 3. The molecule has 0 saturated carbocycles. The molecule has 0 unspecified atom stereocenters. The first-order chi connectivity index (χ1) is 6.58. The van der Waals surface area contributed by atoms with E-state index in [0.29, 0.717) is 5.92 Å². The van der Waals surface area contributed by atoms with Crippen LogP contribution in [0, 0.1) is 5.92 Å². The molecule has 0 amide bonds. The fraction of sp³-hybridized carbons (Fsp3) is 1.00. The minimum absolute atomic E-state index is 0.219. The summed E-state index contributed by atoms with van der Waals surface area (Å²) in [5, 5.41) is 3.65. The van der Waals surface area contributed by atoms with Crippen molar-refractivity contribution >= 4 is 0 Å². The molecule has 84 valence electrons. The predicted octanol–water partition coefficient (Wildman–Crippen LogP) is 0.655. The molecule has 1 rings (SSSR count). The van der Waals surface area contributed by atoms with Gasteiger partial charge >= 0.3 is 0 Å². The van der Waals surface area contributed by atoms with E-state index in [-0.39, 0.29) is 5.54 Å². The van der Waals surface area contributed by atoms with Crippen LogP contribution in [0.4, 0.5) is 0 Å². The lowest BCUT2D eigenvalue weighted by Crippen LogP contribution is -2.57. The summed E-state index contributed by atoms with van der Waals surface area (Å²) < 4.78 is 0. The molecular weight excluding hydrogens is 174 g/mol. The Hall–Kier alpha value is -0.120. The van der Waals surface area contributed by atoms with Crippen LogP contribution >= 0.6 is 0 Å². The maximum atomic E-state index is 5.89. The molecule has 3 N–H and O–H groups in total. The summed E-state index contributed by atoms with van der Waals surface area (Å²) in [7, 11) is 2.18. The molecule has 0 aromatic carbocycles. The number of hydrogen-bond donors (Lipinski definition) is 2. The number of nitrogens with two attached hydrogens (primary N) is 1. The third kappa shape index (κ3) is 3.23. The summed E-state index contributed by atoms with van der Waals surface area (Å²) in [6.07, 6.45) is 2.37. The molecule has 1 fully saturated rings. The summed E-state index contributed by atoms with van der Waals surface area (Å²) in [5.74, 6) is 0.707. The zero-order valence-corrected chi connectivity index (χ0v) is 9.84. The van der Waals surface area contributed by atoms with Crippen LogP contribution in [0.1, 0.15) is 26.7 Å². The summed E-state index contributed by atoms with van der Waals surface area (Å²) >= 11 is 0. The molecule has 1 aliphatic rings. The third-order valence-electron chi connectivity index (χ3n) is 3.22. The fourth-order valence-electron chi connectivity index (χ4n) is 1.92. The quantitative estimate of drug-likeness (QED) is 0.699. The van der Waals surface area contributed by atoms with E-state index in [0.717, 1.165) is 13.1 Å². The Balaban J connectivity index is 2.41. The zero-order valence-electron chi connectivity index (χ0n) is 9.84. The molecule has 14 heavy (non-hydrogen) atoms. The summed E-state index contributed by atoms with van der Waals surface area (Å²) in [4.78, 5) is 2.38. The molecule has 0 aromatic rings. The molecule has 3 heteroatoms. The minimum atomic E-state index is 0.219. The van der Waals surface area contributed by atoms with E-state index in [9.17, 15) is 0 Å². The van der Waals surface area contributed by atoms with Gasteiger partial charge in [-0.15, -0.1) is 0 Å². The summed E-state index contributed by atoms with van der Waals surface area (Å²) in [6.45, 7) is 8.68. The number of nitrogens with zero attached hydrogens (tertiary/aromatic N) is 1. The lowest BCUT2D eigenvalue weighted by molar-refractivity contribution is 0.158. The van der Waals surface area contributed by atoms with E-state index < -0.39 is 0 Å². The van der Waals surface area contributed by atoms with Crippen molar-refractivity contribution < 1.29 is 0 Å². The van der Waals surface area contributed by atoms with Crippen molar-refractivity contribution in [2.75, 3.05) is 33.2 Å². The van der Waals surface area contributed by atoms with Gasteiger partial charge in [-0.3, -0.25) is 0 Å². The average Bonchev–Trinajstić information content (AvgIpc) is 2.18. The lowest BCUT2D eigenvalue weighted by Gasteiger charge is -2.41. The monoisotopic (exact) mass is 199 g/mol. The smallest absolute Gasteiger partial charge is 0.0328 e. The topological polar surface area (TPSA) is 41.3 Å². The van der Waals surface area contributed by atoms with Gasteiger partial charge in [-0.2, -0.15) is 0 Å². The molecule has 0 radical (unpaired) electrons. The van der Waals surface area contributed by atoms with Crippen LogP contribution in [-0.4, -0.2) is 43.7 Å². The molecule has 0 atom stereocenters. The van der Waals surface area contributed by atoms with Crippen LogP contribution in [0.2, 0.25) is 0 Å². The Morgan fingerprint density at radius 3 is 2.36 bits per heavy atom. The molecule has 1 heterocycles. The largest absolute Gasteiger partial charge is 0.329 e. The fourth-order valence-corrected chi connectivity index (χ4v) is 1.92. The number of likely N-dealkylation sites (tertiary alicyclic amines) is 1. The average molecular weight is 199 g/mol. The summed E-state index contributed by atoms with van der Waals surface area (Å²) in [6, 6.07) is 0. The first kappa shape index (κ1) is 12.0. The molecule has 1 saturated heterocycles. The normalized spacial score (nSPS) is 22.9. The van der Waals surface area contributed by atoms with Crippen molar-refractivity contribution in [1.82, 2.24) is 10.2 Å². The first-order valence-electron chi connectivity index (χ1n) is 5.72. The van der Waals surface area contributed by atoms with Crippen LogP contribution in [0.25, 0.3) is 0 Å². The Bertz CT molecular complexity index is 160. The van der Waals surface area contributed by atoms with Gasteiger partial charge in [-0.25, -0.2) is 0 Å². The Labute approximate surface area is 88.0 Å². The van der Waals surface area contributed by atoms with E-state index in [2.05, 4.69) is 31.1 Å². The number of rotatable bonds is 4. The second-order valence-corrected chi connectivity index (χ2v) is 5.06. The maximum absolute atomic E-state index is 5.89.